The lowest BCUT2D eigenvalue weighted by molar-refractivity contribution is 0.160. The number of benzene rings is 1. The van der Waals surface area contributed by atoms with Gasteiger partial charge in [-0.15, -0.1) is 0 Å². The summed E-state index contributed by atoms with van der Waals surface area (Å²) in [6.07, 6.45) is 19.6. The normalized spacial score (nSPS) is 29.3. The Hall–Kier alpha value is -1.11. The van der Waals surface area contributed by atoms with Gasteiger partial charge in [-0.25, -0.2) is 4.39 Å². The molecule has 0 atom stereocenters. The number of allylic oxidation sites excluding steroid dienone is 1. The quantitative estimate of drug-likeness (QED) is 0.403. The lowest BCUT2D eigenvalue weighted by Crippen LogP contribution is -2.25. The summed E-state index contributed by atoms with van der Waals surface area (Å²) in [6.45, 7) is 2.27. The molecule has 0 bridgehead atoms. The smallest absolute Gasteiger partial charge is 0.0827 e. The van der Waals surface area contributed by atoms with Crippen molar-refractivity contribution in [3.8, 4) is 0 Å². The lowest BCUT2D eigenvalue weighted by Gasteiger charge is -2.38. The molecule has 0 unspecified atom stereocenters. The van der Waals surface area contributed by atoms with Gasteiger partial charge in [0.25, 0.3) is 0 Å². The third-order valence-corrected chi connectivity index (χ3v) is 7.41. The van der Waals surface area contributed by atoms with Gasteiger partial charge in [0.05, 0.1) is 6.33 Å². The highest BCUT2D eigenvalue weighted by atomic mass is 19.1. The summed E-state index contributed by atoms with van der Waals surface area (Å²) in [4.78, 5) is 0. The molecular weight excluding hydrogens is 331 g/mol. The van der Waals surface area contributed by atoms with E-state index in [1.54, 1.807) is 11.6 Å². The highest BCUT2D eigenvalue weighted by molar-refractivity contribution is 5.26. The van der Waals surface area contributed by atoms with E-state index in [0.717, 1.165) is 36.4 Å². The van der Waals surface area contributed by atoms with Crippen molar-refractivity contribution >= 4 is 0 Å². The van der Waals surface area contributed by atoms with E-state index in [0.29, 0.717) is 0 Å². The van der Waals surface area contributed by atoms with Crippen LogP contribution in [0.25, 0.3) is 0 Å². The summed E-state index contributed by atoms with van der Waals surface area (Å²) in [5.41, 5.74) is 3.09. The van der Waals surface area contributed by atoms with Gasteiger partial charge in [-0.1, -0.05) is 50.1 Å². The summed E-state index contributed by atoms with van der Waals surface area (Å²) in [7, 11) is 0. The minimum absolute atomic E-state index is 0.727. The molecule has 3 rings (SSSR count). The molecule has 0 amide bonds. The monoisotopic (exact) mass is 370 g/mol. The van der Waals surface area contributed by atoms with Crippen LogP contribution in [0, 0.1) is 17.8 Å². The zero-order valence-corrected chi connectivity index (χ0v) is 17.3. The van der Waals surface area contributed by atoms with Crippen molar-refractivity contribution in [2.75, 3.05) is 0 Å². The highest BCUT2D eigenvalue weighted by Crippen LogP contribution is 2.44. The summed E-state index contributed by atoms with van der Waals surface area (Å²) in [6, 6.07) is 9.58. The highest BCUT2D eigenvalue weighted by Gasteiger charge is 2.30. The van der Waals surface area contributed by atoms with Crippen molar-refractivity contribution < 1.29 is 4.39 Å². The minimum Gasteiger partial charge on any atom is -0.216 e. The molecular formula is C26H39F. The van der Waals surface area contributed by atoms with E-state index in [1.165, 1.54) is 82.6 Å². The predicted molar refractivity (Wildman–Crippen MR) is 115 cm³/mol. The Morgan fingerprint density at radius 2 is 1.48 bits per heavy atom. The molecule has 0 radical (unpaired) electrons. The molecule has 1 aromatic rings. The largest absolute Gasteiger partial charge is 0.216 e. The number of aryl methyl sites for hydroxylation is 1. The Labute approximate surface area is 166 Å². The van der Waals surface area contributed by atoms with Gasteiger partial charge < -0.3 is 0 Å². The SMILES string of the molecule is CCCCCc1ccc(C2CCC([C@H]3CC[C@H](C/C=C/F)CC3)CC2)cc1. The number of hydrogen-bond acceptors (Lipinski definition) is 0. The molecule has 0 aliphatic heterocycles. The van der Waals surface area contributed by atoms with Gasteiger partial charge in [0.15, 0.2) is 0 Å². The number of hydrogen-bond donors (Lipinski definition) is 0. The molecule has 1 heteroatoms. The van der Waals surface area contributed by atoms with E-state index < -0.39 is 0 Å². The summed E-state index contributed by atoms with van der Waals surface area (Å²) >= 11 is 0. The fourth-order valence-electron chi connectivity index (χ4n) is 5.60. The number of halogens is 1. The Kier molecular flexibility index (Phi) is 8.42. The van der Waals surface area contributed by atoms with E-state index in [2.05, 4.69) is 31.2 Å². The first-order valence-electron chi connectivity index (χ1n) is 11.6. The molecule has 27 heavy (non-hydrogen) atoms. The zero-order valence-electron chi connectivity index (χ0n) is 17.3. The Balaban J connectivity index is 1.41. The predicted octanol–water partition coefficient (Wildman–Crippen LogP) is 8.37. The molecule has 0 aromatic heterocycles. The van der Waals surface area contributed by atoms with Gasteiger partial charge >= 0.3 is 0 Å². The topological polar surface area (TPSA) is 0 Å². The molecule has 0 spiro atoms. The molecule has 0 heterocycles. The lowest BCUT2D eigenvalue weighted by atomic mass is 9.68. The van der Waals surface area contributed by atoms with Crippen LogP contribution in [0.3, 0.4) is 0 Å². The molecule has 1 aromatic carbocycles. The van der Waals surface area contributed by atoms with Crippen LogP contribution in [-0.4, -0.2) is 0 Å². The summed E-state index contributed by atoms with van der Waals surface area (Å²) in [5.74, 6) is 3.42. The molecule has 0 nitrogen and oxygen atoms in total. The minimum atomic E-state index is 0.727. The van der Waals surface area contributed by atoms with Gasteiger partial charge in [-0.05, 0) is 105 Å². The fourth-order valence-corrected chi connectivity index (χ4v) is 5.60. The van der Waals surface area contributed by atoms with Crippen LogP contribution in [0.5, 0.6) is 0 Å². The van der Waals surface area contributed by atoms with E-state index >= 15 is 0 Å². The van der Waals surface area contributed by atoms with Crippen LogP contribution in [0.2, 0.25) is 0 Å². The Bertz CT molecular complexity index is 542. The van der Waals surface area contributed by atoms with Crippen LogP contribution in [0.1, 0.15) is 101 Å². The average Bonchev–Trinajstić information content (AvgIpc) is 2.73. The van der Waals surface area contributed by atoms with Crippen molar-refractivity contribution in [1.29, 1.82) is 0 Å². The molecule has 2 aliphatic carbocycles. The van der Waals surface area contributed by atoms with Crippen molar-refractivity contribution in [2.24, 2.45) is 17.8 Å². The van der Waals surface area contributed by atoms with Crippen LogP contribution < -0.4 is 0 Å². The van der Waals surface area contributed by atoms with Crippen molar-refractivity contribution in [3.63, 3.8) is 0 Å². The second-order valence-corrected chi connectivity index (χ2v) is 9.19. The summed E-state index contributed by atoms with van der Waals surface area (Å²) < 4.78 is 12.2. The van der Waals surface area contributed by atoms with Gasteiger partial charge in [0, 0.05) is 0 Å². The summed E-state index contributed by atoms with van der Waals surface area (Å²) in [5, 5.41) is 0. The van der Waals surface area contributed by atoms with Crippen LogP contribution in [0.4, 0.5) is 4.39 Å². The Morgan fingerprint density at radius 3 is 2.07 bits per heavy atom. The molecule has 150 valence electrons. The van der Waals surface area contributed by atoms with E-state index in [1.807, 2.05) is 0 Å². The van der Waals surface area contributed by atoms with Crippen molar-refractivity contribution in [1.82, 2.24) is 0 Å². The van der Waals surface area contributed by atoms with Crippen LogP contribution in [0.15, 0.2) is 36.7 Å². The van der Waals surface area contributed by atoms with E-state index in [9.17, 15) is 4.39 Å². The molecule has 2 fully saturated rings. The van der Waals surface area contributed by atoms with Crippen LogP contribution in [-0.2, 0) is 6.42 Å². The number of rotatable bonds is 8. The molecule has 0 saturated heterocycles. The zero-order chi connectivity index (χ0) is 18.9. The Morgan fingerprint density at radius 1 is 0.852 bits per heavy atom. The average molecular weight is 371 g/mol. The third-order valence-electron chi connectivity index (χ3n) is 7.41. The fraction of sp³-hybridized carbons (Fsp3) is 0.692. The maximum Gasteiger partial charge on any atom is 0.0827 e. The molecule has 0 N–H and O–H groups in total. The van der Waals surface area contributed by atoms with E-state index in [-0.39, 0.29) is 0 Å². The van der Waals surface area contributed by atoms with Gasteiger partial charge in [-0.2, -0.15) is 0 Å². The maximum atomic E-state index is 12.2. The molecule has 2 aliphatic rings. The van der Waals surface area contributed by atoms with Gasteiger partial charge in [0.1, 0.15) is 0 Å². The number of unbranched alkanes of at least 4 members (excludes halogenated alkanes) is 2. The molecule has 2 saturated carbocycles. The standard InChI is InChI=1S/C26H39F/c1-2-3-4-6-21-8-12-23(13-9-21)25-16-18-26(19-17-25)24-14-10-22(11-15-24)7-5-20-27/h5,8-9,12-13,20,22,24-26H,2-4,6-7,10-11,14-19H2,1H3/b20-5+/t22-,24-,25?,26?. The maximum absolute atomic E-state index is 12.2. The first-order chi connectivity index (χ1) is 13.3. The first-order valence-corrected chi connectivity index (χ1v) is 11.6. The van der Waals surface area contributed by atoms with Crippen molar-refractivity contribution in [3.05, 3.63) is 47.8 Å². The third kappa shape index (κ3) is 6.19. The van der Waals surface area contributed by atoms with Crippen molar-refractivity contribution in [2.45, 2.75) is 96.3 Å². The first kappa shape index (κ1) is 20.6. The van der Waals surface area contributed by atoms with E-state index in [4.69, 9.17) is 0 Å². The van der Waals surface area contributed by atoms with Gasteiger partial charge in [0.2, 0.25) is 0 Å². The second kappa shape index (κ2) is 11.0. The van der Waals surface area contributed by atoms with Gasteiger partial charge in [-0.3, -0.25) is 0 Å². The van der Waals surface area contributed by atoms with Crippen LogP contribution >= 0.6 is 0 Å². The second-order valence-electron chi connectivity index (χ2n) is 9.19.